The number of rotatable bonds is 6. The van der Waals surface area contributed by atoms with Crippen molar-refractivity contribution in [2.45, 2.75) is 24.8 Å². The molecule has 6 nitrogen and oxygen atoms in total. The Bertz CT molecular complexity index is 818. The molecule has 0 saturated carbocycles. The van der Waals surface area contributed by atoms with Crippen LogP contribution in [0, 0.1) is 0 Å². The average Bonchev–Trinajstić information content (AvgIpc) is 2.54. The smallest absolute Gasteiger partial charge is 0.255 e. The minimum absolute atomic E-state index is 0.0559. The number of amides is 1. The van der Waals surface area contributed by atoms with Gasteiger partial charge in [-0.2, -0.15) is 0 Å². The molecule has 2 aromatic carbocycles. The number of benzene rings is 2. The normalized spacial score (nSPS) is 11.3. The van der Waals surface area contributed by atoms with E-state index in [-0.39, 0.29) is 22.5 Å². The third kappa shape index (κ3) is 4.33. The molecule has 0 unspecified atom stereocenters. The minimum atomic E-state index is -3.66. The molecular weight excluding hydrogens is 328 g/mol. The second-order valence-electron chi connectivity index (χ2n) is 5.46. The van der Waals surface area contributed by atoms with Gasteiger partial charge in [-0.15, -0.1) is 0 Å². The SMILES string of the molecule is COc1ccc(S(=O)(=O)NC(C)C)cc1NC(=O)c1ccccc1. The van der Waals surface area contributed by atoms with Crippen LogP contribution in [0.15, 0.2) is 53.4 Å². The molecule has 0 aromatic heterocycles. The lowest BCUT2D eigenvalue weighted by Gasteiger charge is -2.14. The van der Waals surface area contributed by atoms with E-state index in [9.17, 15) is 13.2 Å². The van der Waals surface area contributed by atoms with Crippen molar-refractivity contribution in [3.05, 3.63) is 54.1 Å². The van der Waals surface area contributed by atoms with Crippen LogP contribution in [0.4, 0.5) is 5.69 Å². The van der Waals surface area contributed by atoms with Crippen LogP contribution in [0.2, 0.25) is 0 Å². The first kappa shape index (κ1) is 18.0. The van der Waals surface area contributed by atoms with Crippen molar-refractivity contribution in [2.75, 3.05) is 12.4 Å². The quantitative estimate of drug-likeness (QED) is 0.840. The molecular formula is C17H20N2O4S. The Labute approximate surface area is 141 Å². The summed E-state index contributed by atoms with van der Waals surface area (Å²) in [7, 11) is -2.21. The zero-order valence-corrected chi connectivity index (χ0v) is 14.6. The van der Waals surface area contributed by atoms with E-state index in [1.165, 1.54) is 25.3 Å². The molecule has 0 aliphatic rings. The van der Waals surface area contributed by atoms with Gasteiger partial charge in [-0.3, -0.25) is 4.79 Å². The molecule has 128 valence electrons. The van der Waals surface area contributed by atoms with Crippen LogP contribution < -0.4 is 14.8 Å². The van der Waals surface area contributed by atoms with Gasteiger partial charge in [-0.25, -0.2) is 13.1 Å². The lowest BCUT2D eigenvalue weighted by Crippen LogP contribution is -2.30. The Morgan fingerprint density at radius 1 is 1.08 bits per heavy atom. The van der Waals surface area contributed by atoms with Crippen molar-refractivity contribution in [1.82, 2.24) is 4.72 Å². The molecule has 0 atom stereocenters. The predicted molar refractivity (Wildman–Crippen MR) is 92.8 cm³/mol. The lowest BCUT2D eigenvalue weighted by molar-refractivity contribution is 0.102. The molecule has 1 amide bonds. The molecule has 0 aliphatic carbocycles. The van der Waals surface area contributed by atoms with Crippen LogP contribution in [0.5, 0.6) is 5.75 Å². The van der Waals surface area contributed by atoms with Crippen LogP contribution in [-0.2, 0) is 10.0 Å². The van der Waals surface area contributed by atoms with Gasteiger partial charge in [0.25, 0.3) is 5.91 Å². The van der Waals surface area contributed by atoms with Gasteiger partial charge in [0, 0.05) is 11.6 Å². The van der Waals surface area contributed by atoms with Gasteiger partial charge in [0.05, 0.1) is 17.7 Å². The van der Waals surface area contributed by atoms with Crippen molar-refractivity contribution in [3.63, 3.8) is 0 Å². The topological polar surface area (TPSA) is 84.5 Å². The summed E-state index contributed by atoms with van der Waals surface area (Å²) in [6, 6.07) is 12.7. The van der Waals surface area contributed by atoms with Gasteiger partial charge in [0.15, 0.2) is 0 Å². The maximum atomic E-state index is 12.3. The molecule has 7 heteroatoms. The Morgan fingerprint density at radius 2 is 1.75 bits per heavy atom. The number of nitrogens with one attached hydrogen (secondary N) is 2. The first-order chi connectivity index (χ1) is 11.3. The van der Waals surface area contributed by atoms with E-state index in [0.29, 0.717) is 11.3 Å². The Balaban J connectivity index is 2.35. The maximum Gasteiger partial charge on any atom is 0.255 e. The largest absolute Gasteiger partial charge is 0.495 e. The van der Waals surface area contributed by atoms with Crippen LogP contribution in [0.3, 0.4) is 0 Å². The van der Waals surface area contributed by atoms with E-state index in [1.807, 2.05) is 6.07 Å². The van der Waals surface area contributed by atoms with E-state index in [0.717, 1.165) is 0 Å². The summed E-state index contributed by atoms with van der Waals surface area (Å²) in [6.07, 6.45) is 0. The zero-order valence-electron chi connectivity index (χ0n) is 13.7. The highest BCUT2D eigenvalue weighted by Gasteiger charge is 2.18. The van der Waals surface area contributed by atoms with Gasteiger partial charge in [-0.05, 0) is 44.2 Å². The number of methoxy groups -OCH3 is 1. The molecule has 2 aromatic rings. The lowest BCUT2D eigenvalue weighted by atomic mass is 10.2. The Kier molecular flexibility index (Phi) is 5.58. The predicted octanol–water partition coefficient (Wildman–Crippen LogP) is 2.63. The van der Waals surface area contributed by atoms with E-state index in [1.54, 1.807) is 38.1 Å². The summed E-state index contributed by atoms with van der Waals surface area (Å²) >= 11 is 0. The highest BCUT2D eigenvalue weighted by Crippen LogP contribution is 2.28. The number of ether oxygens (including phenoxy) is 1. The molecule has 24 heavy (non-hydrogen) atoms. The molecule has 2 N–H and O–H groups in total. The second kappa shape index (κ2) is 7.46. The molecule has 0 saturated heterocycles. The highest BCUT2D eigenvalue weighted by atomic mass is 32.2. The molecule has 0 radical (unpaired) electrons. The summed E-state index contributed by atoms with van der Waals surface area (Å²) in [4.78, 5) is 12.3. The van der Waals surface area contributed by atoms with E-state index in [4.69, 9.17) is 4.74 Å². The van der Waals surface area contributed by atoms with Crippen molar-refractivity contribution < 1.29 is 17.9 Å². The van der Waals surface area contributed by atoms with Crippen LogP contribution in [-0.4, -0.2) is 27.5 Å². The Hall–Kier alpha value is -2.38. The third-order valence-electron chi connectivity index (χ3n) is 3.16. The van der Waals surface area contributed by atoms with Gasteiger partial charge < -0.3 is 10.1 Å². The van der Waals surface area contributed by atoms with Gasteiger partial charge in [0.2, 0.25) is 10.0 Å². The monoisotopic (exact) mass is 348 g/mol. The van der Waals surface area contributed by atoms with E-state index in [2.05, 4.69) is 10.0 Å². The van der Waals surface area contributed by atoms with Crippen LogP contribution in [0.1, 0.15) is 24.2 Å². The minimum Gasteiger partial charge on any atom is -0.495 e. The summed E-state index contributed by atoms with van der Waals surface area (Å²) in [5, 5.41) is 2.69. The van der Waals surface area contributed by atoms with Crippen molar-refractivity contribution >= 4 is 21.6 Å². The number of carbonyl (C=O) groups is 1. The van der Waals surface area contributed by atoms with Gasteiger partial charge in [0.1, 0.15) is 5.75 Å². The fourth-order valence-corrected chi connectivity index (χ4v) is 3.39. The molecule has 0 heterocycles. The molecule has 2 rings (SSSR count). The first-order valence-electron chi connectivity index (χ1n) is 7.40. The second-order valence-corrected chi connectivity index (χ2v) is 7.17. The average molecular weight is 348 g/mol. The number of hydrogen-bond donors (Lipinski definition) is 2. The Morgan fingerprint density at radius 3 is 2.33 bits per heavy atom. The van der Waals surface area contributed by atoms with Crippen molar-refractivity contribution in [2.24, 2.45) is 0 Å². The van der Waals surface area contributed by atoms with E-state index >= 15 is 0 Å². The number of hydrogen-bond acceptors (Lipinski definition) is 4. The van der Waals surface area contributed by atoms with Crippen molar-refractivity contribution in [1.29, 1.82) is 0 Å². The highest BCUT2D eigenvalue weighted by molar-refractivity contribution is 7.89. The molecule has 0 aliphatic heterocycles. The van der Waals surface area contributed by atoms with Crippen LogP contribution >= 0.6 is 0 Å². The fraction of sp³-hybridized carbons (Fsp3) is 0.235. The standard InChI is InChI=1S/C17H20N2O4S/c1-12(2)19-24(21,22)14-9-10-16(23-3)15(11-14)18-17(20)13-7-5-4-6-8-13/h4-12,19H,1-3H3,(H,18,20). The zero-order chi connectivity index (χ0) is 17.7. The first-order valence-corrected chi connectivity index (χ1v) is 8.88. The number of sulfonamides is 1. The van der Waals surface area contributed by atoms with Crippen molar-refractivity contribution in [3.8, 4) is 5.75 Å². The van der Waals surface area contributed by atoms with Crippen LogP contribution in [0.25, 0.3) is 0 Å². The summed E-state index contributed by atoms with van der Waals surface area (Å²) in [5.41, 5.74) is 0.756. The van der Waals surface area contributed by atoms with E-state index < -0.39 is 10.0 Å². The fourth-order valence-electron chi connectivity index (χ4n) is 2.11. The summed E-state index contributed by atoms with van der Waals surface area (Å²) < 4.78 is 32.3. The number of anilines is 1. The summed E-state index contributed by atoms with van der Waals surface area (Å²) in [6.45, 7) is 3.47. The molecule has 0 spiro atoms. The summed E-state index contributed by atoms with van der Waals surface area (Å²) in [5.74, 6) is 0.0306. The maximum absolute atomic E-state index is 12.3. The molecule has 0 fully saturated rings. The molecule has 0 bridgehead atoms. The van der Waals surface area contributed by atoms with Gasteiger partial charge in [-0.1, -0.05) is 18.2 Å². The third-order valence-corrected chi connectivity index (χ3v) is 4.81. The number of carbonyl (C=O) groups excluding carboxylic acids is 1. The van der Waals surface area contributed by atoms with Gasteiger partial charge >= 0.3 is 0 Å².